The minimum absolute atomic E-state index is 0.160. The molecule has 0 aromatic heterocycles. The highest BCUT2D eigenvalue weighted by molar-refractivity contribution is 5.87. The molecule has 2 heterocycles. The van der Waals surface area contributed by atoms with Gasteiger partial charge in [0.15, 0.2) is 0 Å². The second-order valence-electron chi connectivity index (χ2n) is 5.38. The van der Waals surface area contributed by atoms with Crippen molar-refractivity contribution in [3.05, 3.63) is 12.2 Å². The van der Waals surface area contributed by atoms with E-state index in [1.165, 1.54) is 0 Å². The zero-order valence-corrected chi connectivity index (χ0v) is 11.2. The first-order valence-corrected chi connectivity index (χ1v) is 7.02. The maximum Gasteiger partial charge on any atom is 0.246 e. The maximum absolute atomic E-state index is 11.8. The Morgan fingerprint density at radius 2 is 2.17 bits per heavy atom. The van der Waals surface area contributed by atoms with E-state index in [-0.39, 0.29) is 5.91 Å². The number of carbonyl (C=O) groups is 1. The Kier molecular flexibility index (Phi) is 5.20. The normalized spacial score (nSPS) is 26.1. The van der Waals surface area contributed by atoms with Gasteiger partial charge < -0.3 is 15.0 Å². The fourth-order valence-corrected chi connectivity index (χ4v) is 2.54. The molecule has 0 radical (unpaired) electrons. The second kappa shape index (κ2) is 6.90. The van der Waals surface area contributed by atoms with Crippen LogP contribution in [-0.4, -0.2) is 49.7 Å². The summed E-state index contributed by atoms with van der Waals surface area (Å²) in [5, 5.41) is 3.44. The average Bonchev–Trinajstić information content (AvgIpc) is 2.82. The van der Waals surface area contributed by atoms with Gasteiger partial charge in [-0.15, -0.1) is 0 Å². The molecule has 18 heavy (non-hydrogen) atoms. The van der Waals surface area contributed by atoms with Crippen molar-refractivity contribution in [3.63, 3.8) is 0 Å². The minimum Gasteiger partial charge on any atom is -0.381 e. The van der Waals surface area contributed by atoms with E-state index >= 15 is 0 Å². The van der Waals surface area contributed by atoms with Crippen LogP contribution < -0.4 is 5.32 Å². The number of rotatable bonds is 4. The third kappa shape index (κ3) is 4.10. The lowest BCUT2D eigenvalue weighted by atomic mass is 10.1. The molecule has 0 spiro atoms. The van der Waals surface area contributed by atoms with Crippen LogP contribution in [0.2, 0.25) is 0 Å². The molecule has 0 saturated carbocycles. The van der Waals surface area contributed by atoms with Gasteiger partial charge in [0.2, 0.25) is 5.91 Å². The van der Waals surface area contributed by atoms with Gasteiger partial charge in [0, 0.05) is 45.0 Å². The van der Waals surface area contributed by atoms with Gasteiger partial charge in [-0.2, -0.15) is 0 Å². The fraction of sp³-hybridized carbons (Fsp3) is 0.786. The van der Waals surface area contributed by atoms with Gasteiger partial charge in [0.25, 0.3) is 0 Å². The van der Waals surface area contributed by atoms with Gasteiger partial charge in [-0.3, -0.25) is 4.79 Å². The van der Waals surface area contributed by atoms with Crippen LogP contribution in [0.4, 0.5) is 0 Å². The number of ether oxygens (including phenoxy) is 1. The highest BCUT2D eigenvalue weighted by Crippen LogP contribution is 2.15. The molecule has 0 bridgehead atoms. The van der Waals surface area contributed by atoms with Crippen molar-refractivity contribution >= 4 is 5.91 Å². The molecule has 102 valence electrons. The first kappa shape index (κ1) is 13.6. The number of nitrogens with zero attached hydrogens (tertiary/aromatic N) is 1. The molecule has 2 rings (SSSR count). The molecule has 2 aliphatic heterocycles. The SMILES string of the molecule is C[C@@H]1CCN(C(=O)/C=C/CNC2CCOCC2)C1. The van der Waals surface area contributed by atoms with Crippen LogP contribution in [-0.2, 0) is 9.53 Å². The largest absolute Gasteiger partial charge is 0.381 e. The Labute approximate surface area is 109 Å². The summed E-state index contributed by atoms with van der Waals surface area (Å²) in [6.45, 7) is 6.51. The van der Waals surface area contributed by atoms with Crippen LogP contribution in [0.5, 0.6) is 0 Å². The fourth-order valence-electron chi connectivity index (χ4n) is 2.54. The highest BCUT2D eigenvalue weighted by Gasteiger charge is 2.21. The van der Waals surface area contributed by atoms with Crippen molar-refractivity contribution in [2.75, 3.05) is 32.8 Å². The van der Waals surface area contributed by atoms with Crippen LogP contribution in [0.25, 0.3) is 0 Å². The summed E-state index contributed by atoms with van der Waals surface area (Å²) < 4.78 is 5.30. The van der Waals surface area contributed by atoms with Gasteiger partial charge in [0.1, 0.15) is 0 Å². The van der Waals surface area contributed by atoms with Gasteiger partial charge in [0.05, 0.1) is 0 Å². The molecule has 0 aromatic carbocycles. The second-order valence-corrected chi connectivity index (χ2v) is 5.38. The number of likely N-dealkylation sites (tertiary alicyclic amines) is 1. The molecule has 4 heteroatoms. The van der Waals surface area contributed by atoms with E-state index in [1.54, 1.807) is 6.08 Å². The van der Waals surface area contributed by atoms with Crippen LogP contribution >= 0.6 is 0 Å². The molecule has 1 N–H and O–H groups in total. The van der Waals surface area contributed by atoms with Crippen LogP contribution in [0.1, 0.15) is 26.2 Å². The lowest BCUT2D eigenvalue weighted by Gasteiger charge is -2.22. The quantitative estimate of drug-likeness (QED) is 0.764. The van der Waals surface area contributed by atoms with Gasteiger partial charge >= 0.3 is 0 Å². The minimum atomic E-state index is 0.160. The summed E-state index contributed by atoms with van der Waals surface area (Å²) >= 11 is 0. The van der Waals surface area contributed by atoms with E-state index in [4.69, 9.17) is 4.74 Å². The lowest BCUT2D eigenvalue weighted by Crippen LogP contribution is -2.35. The Balaban J connectivity index is 1.63. The smallest absolute Gasteiger partial charge is 0.246 e. The highest BCUT2D eigenvalue weighted by atomic mass is 16.5. The Hall–Kier alpha value is -0.870. The summed E-state index contributed by atoms with van der Waals surface area (Å²) in [5.41, 5.74) is 0. The number of hydrogen-bond donors (Lipinski definition) is 1. The van der Waals surface area contributed by atoms with E-state index in [9.17, 15) is 4.79 Å². The molecule has 1 amide bonds. The van der Waals surface area contributed by atoms with E-state index in [0.29, 0.717) is 12.0 Å². The van der Waals surface area contributed by atoms with Crippen molar-refractivity contribution < 1.29 is 9.53 Å². The summed E-state index contributed by atoms with van der Waals surface area (Å²) in [7, 11) is 0. The van der Waals surface area contributed by atoms with Crippen molar-refractivity contribution in [1.29, 1.82) is 0 Å². The monoisotopic (exact) mass is 252 g/mol. The molecular formula is C14H24N2O2. The Morgan fingerprint density at radius 3 is 2.83 bits per heavy atom. The van der Waals surface area contributed by atoms with Gasteiger partial charge in [-0.05, 0) is 25.2 Å². The van der Waals surface area contributed by atoms with Crippen molar-refractivity contribution in [1.82, 2.24) is 10.2 Å². The van der Waals surface area contributed by atoms with E-state index in [0.717, 1.165) is 52.1 Å². The number of carbonyl (C=O) groups excluding carboxylic acids is 1. The molecule has 0 aliphatic carbocycles. The summed E-state index contributed by atoms with van der Waals surface area (Å²) in [5.74, 6) is 0.816. The number of hydrogen-bond acceptors (Lipinski definition) is 3. The average molecular weight is 252 g/mol. The predicted molar refractivity (Wildman–Crippen MR) is 71.3 cm³/mol. The third-order valence-corrected chi connectivity index (χ3v) is 3.74. The van der Waals surface area contributed by atoms with Gasteiger partial charge in [-0.1, -0.05) is 13.0 Å². The zero-order valence-electron chi connectivity index (χ0n) is 11.2. The summed E-state index contributed by atoms with van der Waals surface area (Å²) in [6, 6.07) is 0.547. The van der Waals surface area contributed by atoms with Crippen LogP contribution in [0.3, 0.4) is 0 Å². The van der Waals surface area contributed by atoms with Crippen molar-refractivity contribution in [3.8, 4) is 0 Å². The molecule has 2 fully saturated rings. The zero-order chi connectivity index (χ0) is 12.8. The van der Waals surface area contributed by atoms with E-state index < -0.39 is 0 Å². The van der Waals surface area contributed by atoms with Crippen LogP contribution in [0.15, 0.2) is 12.2 Å². The maximum atomic E-state index is 11.8. The first-order valence-electron chi connectivity index (χ1n) is 7.02. The van der Waals surface area contributed by atoms with Crippen LogP contribution in [0, 0.1) is 5.92 Å². The van der Waals surface area contributed by atoms with Gasteiger partial charge in [-0.25, -0.2) is 0 Å². The Morgan fingerprint density at radius 1 is 1.39 bits per heavy atom. The molecule has 4 nitrogen and oxygen atoms in total. The third-order valence-electron chi connectivity index (χ3n) is 3.74. The molecule has 2 aliphatic rings. The molecular weight excluding hydrogens is 228 g/mol. The Bertz CT molecular complexity index is 298. The predicted octanol–water partition coefficient (Wildman–Crippen LogP) is 1.18. The summed E-state index contributed by atoms with van der Waals surface area (Å²) in [6.07, 6.45) is 6.95. The number of amides is 1. The standard InChI is InChI=1S/C14H24N2O2/c1-12-4-8-16(11-12)14(17)3-2-7-15-13-5-9-18-10-6-13/h2-3,12-13,15H,4-11H2,1H3/b3-2+/t12-/m1/s1. The molecule has 0 unspecified atom stereocenters. The topological polar surface area (TPSA) is 41.6 Å². The van der Waals surface area contributed by atoms with Crippen molar-refractivity contribution in [2.45, 2.75) is 32.2 Å². The number of nitrogens with one attached hydrogen (secondary N) is 1. The lowest BCUT2D eigenvalue weighted by molar-refractivity contribution is -0.125. The molecule has 0 aromatic rings. The molecule has 1 atom stereocenters. The molecule has 2 saturated heterocycles. The first-order chi connectivity index (χ1) is 8.75. The van der Waals surface area contributed by atoms with E-state index in [2.05, 4.69) is 12.2 Å². The summed E-state index contributed by atoms with van der Waals surface area (Å²) in [4.78, 5) is 13.8. The van der Waals surface area contributed by atoms with Crippen molar-refractivity contribution in [2.24, 2.45) is 5.92 Å². The van der Waals surface area contributed by atoms with E-state index in [1.807, 2.05) is 11.0 Å².